The van der Waals surface area contributed by atoms with E-state index in [1.807, 2.05) is 0 Å². The third kappa shape index (κ3) is 7.49. The Morgan fingerprint density at radius 3 is 1.03 bits per heavy atom. The second kappa shape index (κ2) is 16.6. The zero-order valence-corrected chi connectivity index (χ0v) is 39.9. The molecule has 6 aromatic rings. The van der Waals surface area contributed by atoms with Crippen molar-refractivity contribution in [3.63, 3.8) is 0 Å². The van der Waals surface area contributed by atoms with Crippen LogP contribution in [0.25, 0.3) is 56.7 Å². The Balaban J connectivity index is 1.25. The molecule has 0 saturated heterocycles. The predicted octanol–water partition coefficient (Wildman–Crippen LogP) is 16.2. The normalized spacial score (nSPS) is 19.7. The van der Waals surface area contributed by atoms with Gasteiger partial charge in [-0.3, -0.25) is 0 Å². The molecule has 2 unspecified atom stereocenters. The van der Waals surface area contributed by atoms with Crippen LogP contribution in [0.15, 0.2) is 157 Å². The summed E-state index contributed by atoms with van der Waals surface area (Å²) in [6, 6.07) is 55.4. The van der Waals surface area contributed by atoms with E-state index in [9.17, 15) is 0 Å². The molecule has 2 atom stereocenters. The molecule has 0 spiro atoms. The molecular weight excluding hydrogens is 816 g/mol. The maximum absolute atomic E-state index is 4.20. The van der Waals surface area contributed by atoms with Crippen molar-refractivity contribution in [1.82, 2.24) is 0 Å². The monoisotopic (exact) mass is 876 g/mol. The van der Waals surface area contributed by atoms with E-state index in [0.717, 1.165) is 11.8 Å². The summed E-state index contributed by atoms with van der Waals surface area (Å²) >= 11 is -4.20. The second-order valence-corrected chi connectivity index (χ2v) is 50.6. The Kier molecular flexibility index (Phi) is 11.1. The van der Waals surface area contributed by atoms with Gasteiger partial charge in [0.25, 0.3) is 0 Å². The Hall–Kier alpha value is -4.10. The van der Waals surface area contributed by atoms with Crippen LogP contribution in [0, 0.1) is 11.8 Å². The topological polar surface area (TPSA) is 0 Å². The van der Waals surface area contributed by atoms with E-state index in [1.54, 1.807) is 22.3 Å². The van der Waals surface area contributed by atoms with Crippen LogP contribution >= 0.6 is 0 Å². The molecule has 302 valence electrons. The first-order valence-corrected chi connectivity index (χ1v) is 37.0. The van der Waals surface area contributed by atoms with E-state index in [0.29, 0.717) is 7.25 Å². The summed E-state index contributed by atoms with van der Waals surface area (Å²) in [4.78, 5) is 0. The van der Waals surface area contributed by atoms with Crippen LogP contribution < -0.4 is 0 Å². The molecule has 4 aliphatic rings. The van der Waals surface area contributed by atoms with Crippen LogP contribution in [0.1, 0.15) is 107 Å². The number of fused-ring (bicyclic) bond motifs is 2. The van der Waals surface area contributed by atoms with Crippen molar-refractivity contribution in [3.05, 3.63) is 179 Å². The third-order valence-corrected chi connectivity index (χ3v) is 32.7. The van der Waals surface area contributed by atoms with Crippen molar-refractivity contribution in [1.29, 1.82) is 0 Å². The number of allylic oxidation sites excluding steroid dienone is 2. The van der Waals surface area contributed by atoms with E-state index in [2.05, 4.69) is 174 Å². The fourth-order valence-electron chi connectivity index (χ4n) is 12.7. The summed E-state index contributed by atoms with van der Waals surface area (Å²) in [6.45, 7) is 2.58. The van der Waals surface area contributed by atoms with Gasteiger partial charge in [0.1, 0.15) is 0 Å². The fraction of sp³-hybridized carbons (Fsp3) is 0.310. The summed E-state index contributed by atoms with van der Waals surface area (Å²) in [7, 11) is 0. The van der Waals surface area contributed by atoms with Gasteiger partial charge in [-0.05, 0) is 0 Å². The fourth-order valence-corrected chi connectivity index (χ4v) is 32.2. The Morgan fingerprint density at radius 2 is 0.700 bits per heavy atom. The summed E-state index contributed by atoms with van der Waals surface area (Å²) in [6.07, 6.45) is 21.9. The van der Waals surface area contributed by atoms with E-state index < -0.39 is 17.4 Å². The van der Waals surface area contributed by atoms with Gasteiger partial charge >= 0.3 is 365 Å². The van der Waals surface area contributed by atoms with Gasteiger partial charge in [0, 0.05) is 0 Å². The van der Waals surface area contributed by atoms with Crippen molar-refractivity contribution in [2.75, 3.05) is 0 Å². The zero-order valence-electron chi connectivity index (χ0n) is 36.0. The molecule has 0 aliphatic heterocycles. The van der Waals surface area contributed by atoms with E-state index in [1.165, 1.54) is 133 Å². The maximum atomic E-state index is 2.93. The summed E-state index contributed by atoms with van der Waals surface area (Å²) in [5, 5.41) is 0. The van der Waals surface area contributed by atoms with Gasteiger partial charge in [0.05, 0.1) is 0 Å². The Morgan fingerprint density at radius 1 is 0.400 bits per heavy atom. The molecule has 0 N–H and O–H groups in total. The molecule has 2 heteroatoms. The van der Waals surface area contributed by atoms with Gasteiger partial charge < -0.3 is 0 Å². The van der Waals surface area contributed by atoms with Crippen molar-refractivity contribution in [3.8, 4) is 44.5 Å². The predicted molar refractivity (Wildman–Crippen MR) is 259 cm³/mol. The zero-order chi connectivity index (χ0) is 40.7. The molecule has 0 aromatic heterocycles. The van der Waals surface area contributed by atoms with Crippen LogP contribution in [0.3, 0.4) is 0 Å². The molecular formula is C58H62SiZr. The summed E-state index contributed by atoms with van der Waals surface area (Å²) in [5.74, 6) is 1.54. The number of hydrogen-bond acceptors (Lipinski definition) is 0. The molecule has 0 amide bonds. The van der Waals surface area contributed by atoms with Gasteiger partial charge in [-0.15, -0.1) is 0 Å². The van der Waals surface area contributed by atoms with Crippen LogP contribution in [0.2, 0.25) is 9.26 Å². The second-order valence-electron chi connectivity index (χ2n) is 20.1. The minimum absolute atomic E-state index is 0.440. The van der Waals surface area contributed by atoms with Crippen LogP contribution in [-0.2, 0) is 17.4 Å². The average Bonchev–Trinajstić information content (AvgIpc) is 3.88. The molecule has 0 nitrogen and oxygen atoms in total. The van der Waals surface area contributed by atoms with Gasteiger partial charge in [-0.2, -0.15) is 0 Å². The molecule has 10 rings (SSSR count). The van der Waals surface area contributed by atoms with E-state index >= 15 is 0 Å². The molecule has 2 fully saturated rings. The number of hydrogen-bond donors (Lipinski definition) is 0. The summed E-state index contributed by atoms with van der Waals surface area (Å²) in [5.41, 5.74) is 20.9. The molecule has 60 heavy (non-hydrogen) atoms. The first-order valence-electron chi connectivity index (χ1n) is 23.4. The first-order chi connectivity index (χ1) is 29.3. The van der Waals surface area contributed by atoms with Crippen molar-refractivity contribution in [2.24, 2.45) is 11.8 Å². The SMILES string of the molecule is [CH3][Zr]([CH3])(=[SiH2])([CH]1C(CC2CCCCC2)=Cc2c(-c3ccccc3)ccc(-c3ccccc3)c21)[CH]1C(CC2CCCCC2)=Cc2c(-c3ccccc3)ccc(-c3ccccc3)c21. The molecule has 0 heterocycles. The van der Waals surface area contributed by atoms with Gasteiger partial charge in [0.15, 0.2) is 0 Å². The van der Waals surface area contributed by atoms with Gasteiger partial charge in [-0.25, -0.2) is 0 Å². The van der Waals surface area contributed by atoms with E-state index in [4.69, 9.17) is 0 Å². The van der Waals surface area contributed by atoms with Crippen LogP contribution in [0.5, 0.6) is 0 Å². The van der Waals surface area contributed by atoms with Crippen LogP contribution in [-0.4, -0.2) is 6.88 Å². The number of benzene rings is 6. The number of rotatable bonds is 10. The first kappa shape index (κ1) is 40.0. The standard InChI is InChI=1S/2C28H27.2CH3.H2Si.Zr/c2*1-4-10-21(11-5-1)18-22-19-27-25(23-12-6-2-7-13-23)16-17-26(28(27)20-22)24-14-8-3-9-15-24;;;;/h2*2-3,6-9,12-17,19-21H,1,4-5,10-11,18H2;2*1H3;1H2;. The van der Waals surface area contributed by atoms with Gasteiger partial charge in [-0.1, -0.05) is 0 Å². The minimum atomic E-state index is -4.20. The van der Waals surface area contributed by atoms with Crippen molar-refractivity contribution in [2.45, 2.75) is 93.6 Å². The van der Waals surface area contributed by atoms with Gasteiger partial charge in [0.2, 0.25) is 0 Å². The van der Waals surface area contributed by atoms with Crippen molar-refractivity contribution >= 4 is 19.0 Å². The van der Waals surface area contributed by atoms with E-state index in [-0.39, 0.29) is 0 Å². The Labute approximate surface area is 362 Å². The third-order valence-electron chi connectivity index (χ3n) is 15.3. The molecule has 0 bridgehead atoms. The quantitative estimate of drug-likeness (QED) is 0.120. The molecule has 4 aliphatic carbocycles. The van der Waals surface area contributed by atoms with Crippen molar-refractivity contribution < 1.29 is 17.4 Å². The Bertz CT molecular complexity index is 2440. The summed E-state index contributed by atoms with van der Waals surface area (Å²) < 4.78 is 6.73. The average molecular weight is 878 g/mol. The molecule has 6 aromatic carbocycles. The molecule has 2 saturated carbocycles. The molecule has 0 radical (unpaired) electrons. The van der Waals surface area contributed by atoms with Crippen LogP contribution in [0.4, 0.5) is 0 Å².